The van der Waals surface area contributed by atoms with Crippen molar-refractivity contribution in [2.45, 2.75) is 25.5 Å². The lowest BCUT2D eigenvalue weighted by molar-refractivity contribution is -0.122. The van der Waals surface area contributed by atoms with E-state index >= 15 is 0 Å². The number of halogens is 1. The summed E-state index contributed by atoms with van der Waals surface area (Å²) < 4.78 is 7.42. The number of rotatable bonds is 6. The van der Waals surface area contributed by atoms with E-state index in [4.69, 9.17) is 16.3 Å². The lowest BCUT2D eigenvalue weighted by atomic mass is 10.1. The van der Waals surface area contributed by atoms with Crippen molar-refractivity contribution < 1.29 is 19.1 Å². The summed E-state index contributed by atoms with van der Waals surface area (Å²) in [4.78, 5) is 39.7. The van der Waals surface area contributed by atoms with Gasteiger partial charge in [-0.15, -0.1) is 0 Å². The van der Waals surface area contributed by atoms with Crippen molar-refractivity contribution in [2.75, 3.05) is 18.1 Å². The number of nitrogens with one attached hydrogen (secondary N) is 1. The number of nitrogens with zero attached hydrogens (tertiary/aromatic N) is 2. The van der Waals surface area contributed by atoms with Crippen LogP contribution in [0.5, 0.6) is 0 Å². The molecular weight excluding hydrogens is 474 g/mol. The predicted octanol–water partition coefficient (Wildman–Crippen LogP) is 4.83. The van der Waals surface area contributed by atoms with E-state index in [2.05, 4.69) is 5.32 Å². The van der Waals surface area contributed by atoms with Gasteiger partial charge in [0.2, 0.25) is 5.91 Å². The summed E-state index contributed by atoms with van der Waals surface area (Å²) >= 11 is 6.82. The van der Waals surface area contributed by atoms with Crippen LogP contribution >= 0.6 is 23.4 Å². The van der Waals surface area contributed by atoms with Crippen molar-refractivity contribution in [2.24, 2.45) is 0 Å². The number of hydrogen-bond donors (Lipinski definition) is 1. The minimum absolute atomic E-state index is 0.0807. The Bertz CT molecular complexity index is 1300. The number of benzene rings is 2. The highest BCUT2D eigenvalue weighted by molar-refractivity contribution is 8.19. The van der Waals surface area contributed by atoms with Crippen molar-refractivity contribution >= 4 is 63.1 Å². The molecule has 34 heavy (non-hydrogen) atoms. The highest BCUT2D eigenvalue weighted by Gasteiger charge is 2.36. The van der Waals surface area contributed by atoms with Crippen LogP contribution in [0.15, 0.2) is 59.6 Å². The quantitative estimate of drug-likeness (QED) is 0.495. The molecule has 1 aromatic heterocycles. The van der Waals surface area contributed by atoms with Gasteiger partial charge in [-0.2, -0.15) is 0 Å². The number of aromatic nitrogens is 1. The number of ether oxygens (including phenoxy) is 1. The molecule has 7 nitrogen and oxygen atoms in total. The van der Waals surface area contributed by atoms with Gasteiger partial charge in [0, 0.05) is 40.8 Å². The van der Waals surface area contributed by atoms with Crippen LogP contribution in [0.1, 0.15) is 18.4 Å². The maximum absolute atomic E-state index is 13.0. The van der Waals surface area contributed by atoms with Crippen LogP contribution in [0.4, 0.5) is 10.5 Å². The van der Waals surface area contributed by atoms with Crippen molar-refractivity contribution in [1.29, 1.82) is 0 Å². The molecule has 5 rings (SSSR count). The summed E-state index contributed by atoms with van der Waals surface area (Å²) in [6.45, 7) is 1.39. The fraction of sp³-hybridized carbons (Fsp3) is 0.240. The summed E-state index contributed by atoms with van der Waals surface area (Å²) in [5.41, 5.74) is 2.11. The minimum atomic E-state index is -0.386. The molecular formula is C25H22ClN3O4S. The maximum Gasteiger partial charge on any atom is 0.298 e. The maximum atomic E-state index is 13.0. The smallest absolute Gasteiger partial charge is 0.298 e. The number of thioether (sulfide) groups is 1. The van der Waals surface area contributed by atoms with Crippen LogP contribution in [0.25, 0.3) is 17.0 Å². The molecule has 2 aromatic carbocycles. The lowest BCUT2D eigenvalue weighted by Gasteiger charge is -2.12. The van der Waals surface area contributed by atoms with Crippen molar-refractivity contribution in [1.82, 2.24) is 9.88 Å². The van der Waals surface area contributed by atoms with E-state index in [9.17, 15) is 14.4 Å². The van der Waals surface area contributed by atoms with Crippen LogP contribution in [0.3, 0.4) is 0 Å². The molecule has 3 amide bonds. The minimum Gasteiger partial charge on any atom is -0.376 e. The second kappa shape index (κ2) is 9.66. The molecule has 2 fully saturated rings. The Kier molecular flexibility index (Phi) is 6.45. The van der Waals surface area contributed by atoms with Gasteiger partial charge in [-0.25, -0.2) is 4.90 Å². The van der Waals surface area contributed by atoms with Crippen molar-refractivity contribution in [3.63, 3.8) is 0 Å². The Morgan fingerprint density at radius 1 is 1.18 bits per heavy atom. The molecule has 3 aromatic rings. The topological polar surface area (TPSA) is 80.6 Å². The summed E-state index contributed by atoms with van der Waals surface area (Å²) in [5, 5.41) is 4.00. The average molecular weight is 496 g/mol. The van der Waals surface area contributed by atoms with E-state index in [-0.39, 0.29) is 29.7 Å². The number of carbonyl (C=O) groups is 3. The first kappa shape index (κ1) is 22.7. The average Bonchev–Trinajstić information content (AvgIpc) is 3.53. The highest BCUT2D eigenvalue weighted by Crippen LogP contribution is 2.37. The molecule has 0 saturated carbocycles. The van der Waals surface area contributed by atoms with Crippen molar-refractivity contribution in [3.05, 3.63) is 70.2 Å². The molecule has 1 atom stereocenters. The van der Waals surface area contributed by atoms with E-state index in [0.29, 0.717) is 22.2 Å². The van der Waals surface area contributed by atoms with E-state index in [0.717, 1.165) is 52.6 Å². The Labute approximate surface area is 205 Å². The fourth-order valence-corrected chi connectivity index (χ4v) is 5.14. The molecule has 2 saturated heterocycles. The molecule has 0 aliphatic carbocycles. The monoisotopic (exact) mass is 495 g/mol. The Morgan fingerprint density at radius 2 is 1.97 bits per heavy atom. The second-order valence-corrected chi connectivity index (χ2v) is 9.59. The van der Waals surface area contributed by atoms with Crippen LogP contribution in [-0.2, 0) is 20.9 Å². The van der Waals surface area contributed by atoms with Gasteiger partial charge in [-0.3, -0.25) is 14.4 Å². The largest absolute Gasteiger partial charge is 0.376 e. The van der Waals surface area contributed by atoms with Crippen molar-refractivity contribution in [3.8, 4) is 0 Å². The number of hydrogen-bond acceptors (Lipinski definition) is 5. The van der Waals surface area contributed by atoms with Gasteiger partial charge < -0.3 is 14.6 Å². The van der Waals surface area contributed by atoms with Gasteiger partial charge >= 0.3 is 0 Å². The summed E-state index contributed by atoms with van der Waals surface area (Å²) in [5.74, 6) is -0.491. The zero-order chi connectivity index (χ0) is 23.7. The summed E-state index contributed by atoms with van der Waals surface area (Å²) in [7, 11) is 0. The van der Waals surface area contributed by atoms with E-state index in [1.165, 1.54) is 0 Å². The first-order chi connectivity index (χ1) is 16.5. The Hall–Kier alpha value is -3.07. The molecule has 2 aliphatic rings. The zero-order valence-electron chi connectivity index (χ0n) is 18.2. The number of para-hydroxylation sites is 1. The van der Waals surface area contributed by atoms with E-state index in [1.54, 1.807) is 30.3 Å². The van der Waals surface area contributed by atoms with E-state index in [1.807, 2.05) is 35.0 Å². The van der Waals surface area contributed by atoms with Crippen LogP contribution in [0, 0.1) is 0 Å². The third-order valence-electron chi connectivity index (χ3n) is 5.85. The third-order valence-corrected chi connectivity index (χ3v) is 6.97. The first-order valence-electron chi connectivity index (χ1n) is 11.0. The number of amides is 3. The second-order valence-electron chi connectivity index (χ2n) is 8.16. The number of carbonyl (C=O) groups excluding carboxylic acids is 3. The third kappa shape index (κ3) is 4.61. The van der Waals surface area contributed by atoms with Gasteiger partial charge in [-0.05, 0) is 61.0 Å². The number of imide groups is 1. The fourth-order valence-electron chi connectivity index (χ4n) is 4.19. The highest BCUT2D eigenvalue weighted by atomic mass is 35.5. The number of fused-ring (bicyclic) bond motifs is 1. The Morgan fingerprint density at radius 3 is 2.74 bits per heavy atom. The Balaban J connectivity index is 1.38. The molecule has 0 unspecified atom stereocenters. The number of anilines is 1. The zero-order valence-corrected chi connectivity index (χ0v) is 19.8. The van der Waals surface area contributed by atoms with Crippen LogP contribution in [-0.4, -0.2) is 40.9 Å². The lowest BCUT2D eigenvalue weighted by Crippen LogP contribution is -2.34. The molecule has 3 heterocycles. The summed E-state index contributed by atoms with van der Waals surface area (Å²) in [6.07, 6.45) is 5.62. The predicted molar refractivity (Wildman–Crippen MR) is 134 cm³/mol. The van der Waals surface area contributed by atoms with Gasteiger partial charge in [0.1, 0.15) is 6.54 Å². The first-order valence-corrected chi connectivity index (χ1v) is 12.2. The van der Waals surface area contributed by atoms with Gasteiger partial charge in [0.25, 0.3) is 11.1 Å². The SMILES string of the molecule is O=C(Cn1cc(/C=C2\SC(=O)N(c3ccc(Cl)cc3)C2=O)c2ccccc21)NC[C@@H]1CCCO1. The molecule has 0 bridgehead atoms. The van der Waals surface area contributed by atoms with E-state index < -0.39 is 0 Å². The normalized spacial score (nSPS) is 19.5. The molecule has 2 aliphatic heterocycles. The summed E-state index contributed by atoms with van der Waals surface area (Å²) in [6, 6.07) is 14.2. The molecule has 174 valence electrons. The molecule has 0 spiro atoms. The van der Waals surface area contributed by atoms with Gasteiger partial charge in [0.15, 0.2) is 0 Å². The molecule has 9 heteroatoms. The standard InChI is InChI=1S/C25H22ClN3O4S/c26-17-7-9-18(10-8-17)29-24(31)22(34-25(29)32)12-16-14-28(21-6-2-1-5-20(16)21)15-23(30)27-13-19-4-3-11-33-19/h1-2,5-10,12,14,19H,3-4,11,13,15H2,(H,27,30)/b22-12-/t19-/m0/s1. The van der Waals surface area contributed by atoms with Gasteiger partial charge in [0.05, 0.1) is 16.7 Å². The van der Waals surface area contributed by atoms with Gasteiger partial charge in [-0.1, -0.05) is 29.8 Å². The van der Waals surface area contributed by atoms with Crippen LogP contribution in [0.2, 0.25) is 5.02 Å². The molecule has 0 radical (unpaired) electrons. The van der Waals surface area contributed by atoms with Crippen LogP contribution < -0.4 is 10.2 Å². The molecule has 1 N–H and O–H groups in total.